The molecule has 0 saturated carbocycles. The van der Waals surface area contributed by atoms with E-state index >= 15 is 0 Å². The molecule has 1 heterocycles. The van der Waals surface area contributed by atoms with Gasteiger partial charge in [-0.15, -0.1) is 0 Å². The number of nitrogens with zero attached hydrogens (tertiary/aromatic N) is 2. The van der Waals surface area contributed by atoms with E-state index in [1.165, 1.54) is 16.4 Å². The number of amides is 1. The molecule has 7 nitrogen and oxygen atoms in total. The van der Waals surface area contributed by atoms with E-state index in [1.54, 1.807) is 12.1 Å². The van der Waals surface area contributed by atoms with Crippen LogP contribution in [0.15, 0.2) is 59.5 Å². The van der Waals surface area contributed by atoms with Gasteiger partial charge in [-0.1, -0.05) is 42.5 Å². The summed E-state index contributed by atoms with van der Waals surface area (Å²) in [6.45, 7) is 0.144. The van der Waals surface area contributed by atoms with Crippen LogP contribution in [0.3, 0.4) is 0 Å². The van der Waals surface area contributed by atoms with Crippen LogP contribution in [0.5, 0.6) is 0 Å². The van der Waals surface area contributed by atoms with Gasteiger partial charge in [0.15, 0.2) is 0 Å². The monoisotopic (exact) mass is 371 g/mol. The van der Waals surface area contributed by atoms with E-state index in [1.807, 2.05) is 36.4 Å². The largest absolute Gasteiger partial charge is 0.465 e. The molecule has 1 amide bonds. The molecule has 2 unspecified atom stereocenters. The molecular formula is C18H17N3O4S. The molecule has 0 aliphatic carbocycles. The molecule has 1 saturated heterocycles. The molecule has 0 spiro atoms. The minimum atomic E-state index is -3.91. The van der Waals surface area contributed by atoms with Crippen LogP contribution in [-0.2, 0) is 10.0 Å². The van der Waals surface area contributed by atoms with Crippen molar-refractivity contribution in [3.8, 4) is 6.07 Å². The number of sulfonamides is 1. The summed E-state index contributed by atoms with van der Waals surface area (Å²) < 4.78 is 27.3. The zero-order valence-corrected chi connectivity index (χ0v) is 14.6. The van der Waals surface area contributed by atoms with Crippen molar-refractivity contribution in [1.82, 2.24) is 9.62 Å². The molecule has 26 heavy (non-hydrogen) atoms. The first-order chi connectivity index (χ1) is 12.4. The highest BCUT2D eigenvalue weighted by molar-refractivity contribution is 7.89. The van der Waals surface area contributed by atoms with Gasteiger partial charge in [0.25, 0.3) is 0 Å². The number of benzene rings is 2. The fourth-order valence-electron chi connectivity index (χ4n) is 3.23. The topological polar surface area (TPSA) is 111 Å². The molecule has 1 aliphatic rings. The maximum absolute atomic E-state index is 13.0. The van der Waals surface area contributed by atoms with Gasteiger partial charge in [-0.05, 0) is 17.7 Å². The van der Waals surface area contributed by atoms with Crippen molar-refractivity contribution in [3.05, 3.63) is 65.7 Å². The van der Waals surface area contributed by atoms with E-state index < -0.39 is 22.2 Å². The lowest BCUT2D eigenvalue weighted by atomic mass is 9.94. The summed E-state index contributed by atoms with van der Waals surface area (Å²) in [5.74, 6) is -0.309. The molecule has 2 N–H and O–H groups in total. The second kappa shape index (κ2) is 7.15. The summed E-state index contributed by atoms with van der Waals surface area (Å²) in [5.41, 5.74) is 0.927. The minimum absolute atomic E-state index is 0.00789. The third-order valence-electron chi connectivity index (χ3n) is 4.45. The van der Waals surface area contributed by atoms with Crippen molar-refractivity contribution in [3.63, 3.8) is 0 Å². The highest BCUT2D eigenvalue weighted by Crippen LogP contribution is 2.32. The van der Waals surface area contributed by atoms with Gasteiger partial charge in [-0.3, -0.25) is 0 Å². The fourth-order valence-corrected chi connectivity index (χ4v) is 4.86. The Bertz CT molecular complexity index is 954. The van der Waals surface area contributed by atoms with Crippen molar-refractivity contribution in [2.45, 2.75) is 16.9 Å². The van der Waals surface area contributed by atoms with Crippen molar-refractivity contribution >= 4 is 16.1 Å². The molecule has 2 aromatic rings. The van der Waals surface area contributed by atoms with Crippen LogP contribution in [0.1, 0.15) is 17.0 Å². The standard InChI is InChI=1S/C18H17N3O4S/c19-10-14-8-4-5-9-17(14)26(24,25)21-11-15(13-6-2-1-3-7-13)16(12-21)20-18(22)23/h1-9,15-16,20H,11-12H2,(H,22,23). The Balaban J connectivity index is 1.96. The van der Waals surface area contributed by atoms with Gasteiger partial charge in [-0.25, -0.2) is 13.2 Å². The minimum Gasteiger partial charge on any atom is -0.465 e. The summed E-state index contributed by atoms with van der Waals surface area (Å²) in [5, 5.41) is 20.7. The molecule has 134 valence electrons. The Morgan fingerprint density at radius 3 is 2.42 bits per heavy atom. The number of nitriles is 1. The zero-order valence-electron chi connectivity index (χ0n) is 13.7. The van der Waals surface area contributed by atoms with Crippen molar-refractivity contribution < 1.29 is 18.3 Å². The summed E-state index contributed by atoms with van der Waals surface area (Å²) in [6.07, 6.45) is -1.20. The van der Waals surface area contributed by atoms with Gasteiger partial charge in [-0.2, -0.15) is 9.57 Å². The highest BCUT2D eigenvalue weighted by Gasteiger charge is 2.41. The molecule has 1 aliphatic heterocycles. The summed E-state index contributed by atoms with van der Waals surface area (Å²) in [7, 11) is -3.91. The first-order valence-electron chi connectivity index (χ1n) is 7.97. The summed E-state index contributed by atoms with van der Waals surface area (Å²) in [6, 6.07) is 16.5. The number of nitrogens with one attached hydrogen (secondary N) is 1. The van der Waals surface area contributed by atoms with Crippen LogP contribution >= 0.6 is 0 Å². The van der Waals surface area contributed by atoms with E-state index in [0.717, 1.165) is 5.56 Å². The predicted octanol–water partition coefficient (Wildman–Crippen LogP) is 1.98. The van der Waals surface area contributed by atoms with Crippen LogP contribution in [0.4, 0.5) is 4.79 Å². The van der Waals surface area contributed by atoms with Crippen LogP contribution in [0.25, 0.3) is 0 Å². The van der Waals surface area contributed by atoms with E-state index in [0.29, 0.717) is 0 Å². The van der Waals surface area contributed by atoms with Crippen LogP contribution in [-0.4, -0.2) is 43.1 Å². The van der Waals surface area contributed by atoms with Crippen LogP contribution in [0, 0.1) is 11.3 Å². The third kappa shape index (κ3) is 3.40. The smallest absolute Gasteiger partial charge is 0.404 e. The predicted molar refractivity (Wildman–Crippen MR) is 94.0 cm³/mol. The molecule has 0 aromatic heterocycles. The normalized spacial score (nSPS) is 20.4. The maximum Gasteiger partial charge on any atom is 0.404 e. The Hall–Kier alpha value is -2.89. The number of carbonyl (C=O) groups is 1. The summed E-state index contributed by atoms with van der Waals surface area (Å²) >= 11 is 0. The molecule has 2 aromatic carbocycles. The van der Waals surface area contributed by atoms with E-state index in [2.05, 4.69) is 5.32 Å². The lowest BCUT2D eigenvalue weighted by Gasteiger charge is -2.18. The summed E-state index contributed by atoms with van der Waals surface area (Å²) in [4.78, 5) is 11.1. The first kappa shape index (κ1) is 17.9. The van der Waals surface area contributed by atoms with Gasteiger partial charge < -0.3 is 10.4 Å². The van der Waals surface area contributed by atoms with Crippen LogP contribution in [0.2, 0.25) is 0 Å². The third-order valence-corrected chi connectivity index (χ3v) is 6.34. The second-order valence-corrected chi connectivity index (χ2v) is 7.91. The Labute approximate surface area is 151 Å². The van der Waals surface area contributed by atoms with Crippen molar-refractivity contribution in [2.75, 3.05) is 13.1 Å². The van der Waals surface area contributed by atoms with Gasteiger partial charge in [0, 0.05) is 19.0 Å². The van der Waals surface area contributed by atoms with Gasteiger partial charge in [0.2, 0.25) is 10.0 Å². The Morgan fingerprint density at radius 2 is 1.77 bits per heavy atom. The molecule has 2 atom stereocenters. The zero-order chi connectivity index (χ0) is 18.7. The SMILES string of the molecule is N#Cc1ccccc1S(=O)(=O)N1CC(NC(=O)O)C(c2ccccc2)C1. The van der Waals surface area contributed by atoms with Crippen molar-refractivity contribution in [1.29, 1.82) is 5.26 Å². The molecular weight excluding hydrogens is 354 g/mol. The number of hydrogen-bond donors (Lipinski definition) is 2. The van der Waals surface area contributed by atoms with E-state index in [-0.39, 0.29) is 29.5 Å². The quantitative estimate of drug-likeness (QED) is 0.854. The average Bonchev–Trinajstić information content (AvgIpc) is 3.06. The molecule has 8 heteroatoms. The number of carboxylic acid groups (broad SMARTS) is 1. The average molecular weight is 371 g/mol. The lowest BCUT2D eigenvalue weighted by molar-refractivity contribution is 0.189. The molecule has 1 fully saturated rings. The van der Waals surface area contributed by atoms with E-state index in [4.69, 9.17) is 5.11 Å². The second-order valence-electron chi connectivity index (χ2n) is 6.00. The van der Waals surface area contributed by atoms with Crippen LogP contribution < -0.4 is 5.32 Å². The van der Waals surface area contributed by atoms with E-state index in [9.17, 15) is 18.5 Å². The molecule has 0 radical (unpaired) electrons. The van der Waals surface area contributed by atoms with Gasteiger partial charge in [0.05, 0.1) is 16.5 Å². The Morgan fingerprint density at radius 1 is 1.12 bits per heavy atom. The highest BCUT2D eigenvalue weighted by atomic mass is 32.2. The van der Waals surface area contributed by atoms with Crippen molar-refractivity contribution in [2.24, 2.45) is 0 Å². The Kier molecular flexibility index (Phi) is 4.93. The number of hydrogen-bond acceptors (Lipinski definition) is 4. The number of rotatable bonds is 4. The van der Waals surface area contributed by atoms with Gasteiger partial charge >= 0.3 is 6.09 Å². The molecule has 3 rings (SSSR count). The first-order valence-corrected chi connectivity index (χ1v) is 9.41. The maximum atomic E-state index is 13.0. The fraction of sp³-hybridized carbons (Fsp3) is 0.222. The molecule has 0 bridgehead atoms. The van der Waals surface area contributed by atoms with Gasteiger partial charge in [0.1, 0.15) is 6.07 Å². The lowest BCUT2D eigenvalue weighted by Crippen LogP contribution is -2.39.